The van der Waals surface area contributed by atoms with Crippen LogP contribution in [0, 0.1) is 13.8 Å². The molecule has 3 N–H and O–H groups in total. The molecule has 0 saturated heterocycles. The second kappa shape index (κ2) is 3.91. The van der Waals surface area contributed by atoms with Gasteiger partial charge in [-0.25, -0.2) is 5.84 Å². The molecule has 86 valence electrons. The Labute approximate surface area is 96.0 Å². The highest BCUT2D eigenvalue weighted by Gasteiger charge is 2.46. The van der Waals surface area contributed by atoms with Crippen LogP contribution in [0.1, 0.15) is 36.0 Å². The molecule has 0 bridgehead atoms. The second-order valence-corrected chi connectivity index (χ2v) is 4.73. The maximum atomic E-state index is 11.9. The van der Waals surface area contributed by atoms with Gasteiger partial charge in [-0.05, 0) is 37.8 Å². The Bertz CT molecular complexity index is 422. The van der Waals surface area contributed by atoms with Crippen molar-refractivity contribution in [2.75, 3.05) is 0 Å². The average Bonchev–Trinajstić information content (AvgIpc) is 2.21. The fourth-order valence-electron chi connectivity index (χ4n) is 2.54. The number of benzene rings is 1. The monoisotopic (exact) mass is 218 g/mol. The minimum absolute atomic E-state index is 0.0487. The molecule has 0 aliphatic heterocycles. The zero-order valence-electron chi connectivity index (χ0n) is 9.84. The van der Waals surface area contributed by atoms with Crippen LogP contribution in [0.25, 0.3) is 0 Å². The molecule has 1 fully saturated rings. The Balaban J connectivity index is 2.48. The van der Waals surface area contributed by atoms with Gasteiger partial charge >= 0.3 is 0 Å². The topological polar surface area (TPSA) is 55.1 Å². The Kier molecular flexibility index (Phi) is 2.72. The molecule has 1 aromatic carbocycles. The Hall–Kier alpha value is -1.35. The number of hydrazine groups is 1. The zero-order valence-corrected chi connectivity index (χ0v) is 9.84. The first-order valence-corrected chi connectivity index (χ1v) is 5.69. The average molecular weight is 218 g/mol. The highest BCUT2D eigenvalue weighted by atomic mass is 16.2. The van der Waals surface area contributed by atoms with Crippen molar-refractivity contribution in [1.29, 1.82) is 0 Å². The first-order chi connectivity index (χ1) is 7.60. The maximum Gasteiger partial charge on any atom is 0.244 e. The van der Waals surface area contributed by atoms with E-state index in [-0.39, 0.29) is 11.3 Å². The number of nitrogens with two attached hydrogens (primary N) is 1. The van der Waals surface area contributed by atoms with Crippen LogP contribution in [0.4, 0.5) is 0 Å². The number of nitrogens with one attached hydrogen (secondary N) is 1. The third-order valence-electron chi connectivity index (χ3n) is 3.68. The summed E-state index contributed by atoms with van der Waals surface area (Å²) in [6.45, 7) is 4.11. The van der Waals surface area contributed by atoms with Gasteiger partial charge < -0.3 is 0 Å². The molecule has 0 heterocycles. The van der Waals surface area contributed by atoms with E-state index in [1.165, 1.54) is 11.1 Å². The molecule has 2 rings (SSSR count). The van der Waals surface area contributed by atoms with Gasteiger partial charge in [0.1, 0.15) is 0 Å². The summed E-state index contributed by atoms with van der Waals surface area (Å²) in [5.41, 5.74) is 5.45. The SMILES string of the molecule is Cc1ccc(C)c(C2(C(=O)NN)CCC2)c1. The number of hydrogen-bond acceptors (Lipinski definition) is 2. The molecule has 1 aliphatic carbocycles. The van der Waals surface area contributed by atoms with E-state index in [4.69, 9.17) is 5.84 Å². The Morgan fingerprint density at radius 1 is 1.38 bits per heavy atom. The summed E-state index contributed by atoms with van der Waals surface area (Å²) in [4.78, 5) is 11.9. The number of carbonyl (C=O) groups excluding carboxylic acids is 1. The molecular weight excluding hydrogens is 200 g/mol. The third-order valence-corrected chi connectivity index (χ3v) is 3.68. The van der Waals surface area contributed by atoms with Crippen LogP contribution in [0.15, 0.2) is 18.2 Å². The van der Waals surface area contributed by atoms with Gasteiger partial charge in [-0.1, -0.05) is 30.2 Å². The smallest absolute Gasteiger partial charge is 0.244 e. The van der Waals surface area contributed by atoms with E-state index in [9.17, 15) is 4.79 Å². The standard InChI is InChI=1S/C13H18N2O/c1-9-4-5-10(2)11(8-9)13(6-3-7-13)12(16)15-14/h4-5,8H,3,6-7,14H2,1-2H3,(H,15,16). The summed E-state index contributed by atoms with van der Waals surface area (Å²) in [6, 6.07) is 6.27. The lowest BCUT2D eigenvalue weighted by Crippen LogP contribution is -2.51. The van der Waals surface area contributed by atoms with Gasteiger partial charge in [0.05, 0.1) is 5.41 Å². The van der Waals surface area contributed by atoms with Gasteiger partial charge in [0.25, 0.3) is 0 Å². The van der Waals surface area contributed by atoms with Crippen molar-refractivity contribution in [3.8, 4) is 0 Å². The minimum atomic E-state index is -0.370. The maximum absolute atomic E-state index is 11.9. The summed E-state index contributed by atoms with van der Waals surface area (Å²) in [6.07, 6.45) is 2.90. The minimum Gasteiger partial charge on any atom is -0.293 e. The lowest BCUT2D eigenvalue weighted by molar-refractivity contribution is -0.130. The summed E-state index contributed by atoms with van der Waals surface area (Å²) in [5, 5.41) is 0. The summed E-state index contributed by atoms with van der Waals surface area (Å²) in [7, 11) is 0. The van der Waals surface area contributed by atoms with Crippen LogP contribution in [-0.4, -0.2) is 5.91 Å². The van der Waals surface area contributed by atoms with E-state index in [2.05, 4.69) is 37.5 Å². The van der Waals surface area contributed by atoms with E-state index < -0.39 is 0 Å². The molecule has 1 amide bonds. The number of amides is 1. The number of hydrogen-bond donors (Lipinski definition) is 2. The number of rotatable bonds is 2. The predicted molar refractivity (Wildman–Crippen MR) is 63.8 cm³/mol. The summed E-state index contributed by atoms with van der Waals surface area (Å²) < 4.78 is 0. The molecule has 0 radical (unpaired) electrons. The van der Waals surface area contributed by atoms with Crippen molar-refractivity contribution < 1.29 is 4.79 Å². The third kappa shape index (κ3) is 1.52. The highest BCUT2D eigenvalue weighted by Crippen LogP contribution is 2.45. The van der Waals surface area contributed by atoms with Crippen LogP contribution in [-0.2, 0) is 10.2 Å². The molecular formula is C13H18N2O. The van der Waals surface area contributed by atoms with E-state index >= 15 is 0 Å². The van der Waals surface area contributed by atoms with Crippen molar-refractivity contribution in [2.45, 2.75) is 38.5 Å². The molecule has 1 aromatic rings. The molecule has 0 spiro atoms. The van der Waals surface area contributed by atoms with Crippen molar-refractivity contribution in [3.05, 3.63) is 34.9 Å². The molecule has 0 aromatic heterocycles. The molecule has 0 atom stereocenters. The van der Waals surface area contributed by atoms with Gasteiger partial charge in [-0.15, -0.1) is 0 Å². The van der Waals surface area contributed by atoms with E-state index in [1.807, 2.05) is 0 Å². The van der Waals surface area contributed by atoms with E-state index in [0.29, 0.717) is 0 Å². The first kappa shape index (κ1) is 11.1. The van der Waals surface area contributed by atoms with Gasteiger partial charge in [0.15, 0.2) is 0 Å². The van der Waals surface area contributed by atoms with Crippen molar-refractivity contribution in [1.82, 2.24) is 5.43 Å². The van der Waals surface area contributed by atoms with Crippen LogP contribution >= 0.6 is 0 Å². The van der Waals surface area contributed by atoms with E-state index in [0.717, 1.165) is 24.8 Å². The highest BCUT2D eigenvalue weighted by molar-refractivity contribution is 5.89. The normalized spacial score (nSPS) is 17.7. The van der Waals surface area contributed by atoms with Crippen LogP contribution < -0.4 is 11.3 Å². The van der Waals surface area contributed by atoms with Gasteiger partial charge in [0.2, 0.25) is 5.91 Å². The zero-order chi connectivity index (χ0) is 11.8. The van der Waals surface area contributed by atoms with Crippen molar-refractivity contribution >= 4 is 5.91 Å². The van der Waals surface area contributed by atoms with Crippen molar-refractivity contribution in [2.24, 2.45) is 5.84 Å². The molecule has 16 heavy (non-hydrogen) atoms. The quantitative estimate of drug-likeness (QED) is 0.451. The summed E-state index contributed by atoms with van der Waals surface area (Å²) in [5.74, 6) is 5.24. The molecule has 1 saturated carbocycles. The Morgan fingerprint density at radius 2 is 2.06 bits per heavy atom. The Morgan fingerprint density at radius 3 is 2.56 bits per heavy atom. The van der Waals surface area contributed by atoms with Crippen molar-refractivity contribution in [3.63, 3.8) is 0 Å². The van der Waals surface area contributed by atoms with Crippen LogP contribution in [0.3, 0.4) is 0 Å². The number of aryl methyl sites for hydroxylation is 2. The largest absolute Gasteiger partial charge is 0.293 e. The molecule has 1 aliphatic rings. The predicted octanol–water partition coefficient (Wildman–Crippen LogP) is 1.72. The van der Waals surface area contributed by atoms with Crippen LogP contribution in [0.2, 0.25) is 0 Å². The molecule has 3 nitrogen and oxygen atoms in total. The molecule has 0 unspecified atom stereocenters. The number of carbonyl (C=O) groups is 1. The first-order valence-electron chi connectivity index (χ1n) is 5.69. The van der Waals surface area contributed by atoms with Gasteiger partial charge in [-0.3, -0.25) is 10.2 Å². The lowest BCUT2D eigenvalue weighted by Gasteiger charge is -2.41. The summed E-state index contributed by atoms with van der Waals surface area (Å²) >= 11 is 0. The van der Waals surface area contributed by atoms with Gasteiger partial charge in [-0.2, -0.15) is 0 Å². The van der Waals surface area contributed by atoms with Gasteiger partial charge in [0, 0.05) is 0 Å². The van der Waals surface area contributed by atoms with Crippen LogP contribution in [0.5, 0.6) is 0 Å². The lowest BCUT2D eigenvalue weighted by atomic mass is 9.62. The fourth-order valence-corrected chi connectivity index (χ4v) is 2.54. The molecule has 3 heteroatoms. The second-order valence-electron chi connectivity index (χ2n) is 4.73. The van der Waals surface area contributed by atoms with E-state index in [1.54, 1.807) is 0 Å². The fraction of sp³-hybridized carbons (Fsp3) is 0.462.